The molecule has 7 heteroatoms. The quantitative estimate of drug-likeness (QED) is 0.326. The molecule has 0 saturated heterocycles. The number of aryl methyl sites for hydroxylation is 3. The maximum absolute atomic E-state index is 12.1. The molecule has 0 saturated carbocycles. The smallest absolute Gasteiger partial charge is 0.306 e. The van der Waals surface area contributed by atoms with Gasteiger partial charge in [0.2, 0.25) is 0 Å². The van der Waals surface area contributed by atoms with Gasteiger partial charge in [-0.2, -0.15) is 0 Å². The number of aromatic nitrogens is 4. The summed E-state index contributed by atoms with van der Waals surface area (Å²) < 4.78 is 1.81. The zero-order valence-electron chi connectivity index (χ0n) is 14.1. The first kappa shape index (κ1) is 16.4. The normalized spacial score (nSPS) is 11.6. The SMILES string of the molecule is Cc1sc2ncnc(SCCCn3c(=O)[nH]c4ccccc43)c2c1C. The van der Waals surface area contributed by atoms with E-state index >= 15 is 0 Å². The molecule has 128 valence electrons. The Kier molecular flexibility index (Phi) is 4.35. The fraction of sp³-hybridized carbons (Fsp3) is 0.278. The van der Waals surface area contributed by atoms with Crippen LogP contribution in [0.5, 0.6) is 0 Å². The number of thiophene rings is 1. The molecule has 1 aromatic carbocycles. The minimum absolute atomic E-state index is 0.0417. The number of thioether (sulfide) groups is 1. The Morgan fingerprint density at radius 3 is 2.96 bits per heavy atom. The minimum atomic E-state index is -0.0417. The molecule has 0 atom stereocenters. The first-order chi connectivity index (χ1) is 12.1. The number of H-pyrrole nitrogens is 1. The van der Waals surface area contributed by atoms with Crippen molar-refractivity contribution in [2.24, 2.45) is 0 Å². The van der Waals surface area contributed by atoms with Crippen molar-refractivity contribution in [2.75, 3.05) is 5.75 Å². The fourth-order valence-electron chi connectivity index (χ4n) is 2.98. The van der Waals surface area contributed by atoms with Crippen LogP contribution in [0.25, 0.3) is 21.3 Å². The molecule has 3 aromatic heterocycles. The lowest BCUT2D eigenvalue weighted by Crippen LogP contribution is -2.17. The molecule has 5 nitrogen and oxygen atoms in total. The molecule has 3 heterocycles. The van der Waals surface area contributed by atoms with E-state index in [1.807, 2.05) is 28.8 Å². The van der Waals surface area contributed by atoms with Crippen LogP contribution in [-0.4, -0.2) is 25.3 Å². The molecule has 0 spiro atoms. The maximum atomic E-state index is 12.1. The number of imidazole rings is 1. The summed E-state index contributed by atoms with van der Waals surface area (Å²) in [5.41, 5.74) is 3.09. The van der Waals surface area contributed by atoms with Gasteiger partial charge >= 0.3 is 5.69 Å². The lowest BCUT2D eigenvalue weighted by Gasteiger charge is -2.05. The second kappa shape index (κ2) is 6.65. The van der Waals surface area contributed by atoms with Gasteiger partial charge in [0.25, 0.3) is 0 Å². The number of nitrogens with zero attached hydrogens (tertiary/aromatic N) is 3. The molecule has 0 amide bonds. The average molecular weight is 371 g/mol. The molecule has 0 radical (unpaired) electrons. The summed E-state index contributed by atoms with van der Waals surface area (Å²) in [7, 11) is 0. The van der Waals surface area contributed by atoms with Gasteiger partial charge in [-0.15, -0.1) is 23.1 Å². The molecule has 1 N–H and O–H groups in total. The van der Waals surface area contributed by atoms with E-state index in [1.165, 1.54) is 15.8 Å². The van der Waals surface area contributed by atoms with Gasteiger partial charge in [0.05, 0.1) is 11.0 Å². The van der Waals surface area contributed by atoms with Gasteiger partial charge in [0.15, 0.2) is 0 Å². The first-order valence-corrected chi connectivity index (χ1v) is 9.96. The maximum Gasteiger partial charge on any atom is 0.326 e. The van der Waals surface area contributed by atoms with Gasteiger partial charge in [0, 0.05) is 22.6 Å². The fourth-order valence-corrected chi connectivity index (χ4v) is 5.02. The third kappa shape index (κ3) is 2.98. The van der Waals surface area contributed by atoms with E-state index < -0.39 is 0 Å². The number of fused-ring (bicyclic) bond motifs is 2. The average Bonchev–Trinajstić information content (AvgIpc) is 3.08. The Labute approximate surface area is 153 Å². The molecule has 0 fully saturated rings. The molecule has 0 aliphatic rings. The summed E-state index contributed by atoms with van der Waals surface area (Å²) in [6.45, 7) is 4.96. The molecule has 4 rings (SSSR count). The Morgan fingerprint density at radius 2 is 2.08 bits per heavy atom. The zero-order chi connectivity index (χ0) is 17.4. The Balaban J connectivity index is 1.48. The van der Waals surface area contributed by atoms with Crippen LogP contribution in [0, 0.1) is 13.8 Å². The van der Waals surface area contributed by atoms with Gasteiger partial charge in [0.1, 0.15) is 16.2 Å². The van der Waals surface area contributed by atoms with Crippen LogP contribution in [0.1, 0.15) is 16.9 Å². The van der Waals surface area contributed by atoms with Gasteiger partial charge in [-0.1, -0.05) is 12.1 Å². The Bertz CT molecular complexity index is 1110. The molecule has 25 heavy (non-hydrogen) atoms. The highest BCUT2D eigenvalue weighted by Gasteiger charge is 2.12. The van der Waals surface area contributed by atoms with Gasteiger partial charge in [-0.3, -0.25) is 4.57 Å². The number of rotatable bonds is 5. The van der Waals surface area contributed by atoms with Crippen LogP contribution in [0.3, 0.4) is 0 Å². The molecular formula is C18H18N4OS2. The highest BCUT2D eigenvalue weighted by Crippen LogP contribution is 2.34. The number of aromatic amines is 1. The monoisotopic (exact) mass is 370 g/mol. The minimum Gasteiger partial charge on any atom is -0.306 e. The highest BCUT2D eigenvalue weighted by molar-refractivity contribution is 7.99. The Hall–Kier alpha value is -2.12. The summed E-state index contributed by atoms with van der Waals surface area (Å²) in [5, 5.41) is 2.22. The summed E-state index contributed by atoms with van der Waals surface area (Å²) >= 11 is 3.46. The summed E-state index contributed by atoms with van der Waals surface area (Å²) in [4.78, 5) is 26.2. The van der Waals surface area contributed by atoms with Crippen molar-refractivity contribution >= 4 is 44.3 Å². The van der Waals surface area contributed by atoms with Gasteiger partial charge in [-0.25, -0.2) is 14.8 Å². The van der Waals surface area contributed by atoms with Gasteiger partial charge < -0.3 is 4.98 Å². The van der Waals surface area contributed by atoms with Crippen LogP contribution in [0.4, 0.5) is 0 Å². The number of hydrogen-bond acceptors (Lipinski definition) is 5. The van der Waals surface area contributed by atoms with E-state index in [0.29, 0.717) is 6.54 Å². The van der Waals surface area contributed by atoms with E-state index in [1.54, 1.807) is 29.4 Å². The van der Waals surface area contributed by atoms with Crippen molar-refractivity contribution in [3.63, 3.8) is 0 Å². The molecular weight excluding hydrogens is 352 g/mol. The molecule has 0 aliphatic carbocycles. The predicted molar refractivity (Wildman–Crippen MR) is 105 cm³/mol. The lowest BCUT2D eigenvalue weighted by molar-refractivity contribution is 0.679. The highest BCUT2D eigenvalue weighted by atomic mass is 32.2. The molecule has 0 bridgehead atoms. The topological polar surface area (TPSA) is 63.6 Å². The summed E-state index contributed by atoms with van der Waals surface area (Å²) in [5.74, 6) is 0.909. The number of nitrogens with one attached hydrogen (secondary N) is 1. The Morgan fingerprint density at radius 1 is 1.24 bits per heavy atom. The summed E-state index contributed by atoms with van der Waals surface area (Å²) in [6.07, 6.45) is 2.55. The van der Waals surface area contributed by atoms with Crippen molar-refractivity contribution in [1.82, 2.24) is 19.5 Å². The number of hydrogen-bond donors (Lipinski definition) is 1. The van der Waals surface area contributed by atoms with E-state index in [4.69, 9.17) is 0 Å². The second-order valence-electron chi connectivity index (χ2n) is 5.94. The van der Waals surface area contributed by atoms with Crippen molar-refractivity contribution in [3.05, 3.63) is 51.5 Å². The largest absolute Gasteiger partial charge is 0.326 e. The van der Waals surface area contributed by atoms with Crippen molar-refractivity contribution in [3.8, 4) is 0 Å². The third-order valence-corrected chi connectivity index (χ3v) is 6.57. The molecule has 4 aromatic rings. The van der Waals surface area contributed by atoms with E-state index in [-0.39, 0.29) is 5.69 Å². The third-order valence-electron chi connectivity index (χ3n) is 4.38. The molecule has 0 aliphatic heterocycles. The lowest BCUT2D eigenvalue weighted by atomic mass is 10.2. The van der Waals surface area contributed by atoms with Crippen molar-refractivity contribution in [1.29, 1.82) is 0 Å². The summed E-state index contributed by atoms with van der Waals surface area (Å²) in [6, 6.07) is 7.80. The standard InChI is InChI=1S/C18H18N4OS2/c1-11-12(2)25-17-15(11)16(19-10-20-17)24-9-5-8-22-14-7-4-3-6-13(14)21-18(22)23/h3-4,6-7,10H,5,8-9H2,1-2H3,(H,21,23). The number of benzene rings is 1. The van der Waals surface area contributed by atoms with Crippen LogP contribution in [-0.2, 0) is 6.54 Å². The predicted octanol–water partition coefficient (Wildman–Crippen LogP) is 4.13. The van der Waals surface area contributed by atoms with Crippen LogP contribution < -0.4 is 5.69 Å². The number of para-hydroxylation sites is 2. The van der Waals surface area contributed by atoms with Crippen LogP contribution in [0.2, 0.25) is 0 Å². The van der Waals surface area contributed by atoms with Gasteiger partial charge in [-0.05, 0) is 38.0 Å². The zero-order valence-corrected chi connectivity index (χ0v) is 15.7. The van der Waals surface area contributed by atoms with E-state index in [9.17, 15) is 4.79 Å². The first-order valence-electron chi connectivity index (χ1n) is 8.16. The van der Waals surface area contributed by atoms with E-state index in [0.717, 1.165) is 33.1 Å². The van der Waals surface area contributed by atoms with Crippen LogP contribution in [0.15, 0.2) is 40.4 Å². The van der Waals surface area contributed by atoms with Crippen LogP contribution >= 0.6 is 23.1 Å². The molecule has 0 unspecified atom stereocenters. The van der Waals surface area contributed by atoms with E-state index in [2.05, 4.69) is 28.8 Å². The van der Waals surface area contributed by atoms with Crippen molar-refractivity contribution in [2.45, 2.75) is 31.8 Å². The second-order valence-corrected chi connectivity index (χ2v) is 8.23. The van der Waals surface area contributed by atoms with Crippen molar-refractivity contribution < 1.29 is 0 Å².